The maximum absolute atomic E-state index is 10.2. The Kier molecular flexibility index (Phi) is 4.37. The van der Waals surface area contributed by atoms with Gasteiger partial charge in [0.1, 0.15) is 11.6 Å². The van der Waals surface area contributed by atoms with E-state index in [4.69, 9.17) is 0 Å². The number of hydrogen-bond acceptors (Lipinski definition) is 5. The molecule has 0 aliphatic carbocycles. The molecule has 0 unspecified atom stereocenters. The van der Waals surface area contributed by atoms with E-state index in [-0.39, 0.29) is 5.75 Å². The lowest BCUT2D eigenvalue weighted by Crippen LogP contribution is -2.29. The third-order valence-corrected chi connectivity index (χ3v) is 3.38. The van der Waals surface area contributed by atoms with E-state index in [0.717, 1.165) is 16.7 Å². The lowest BCUT2D eigenvalue weighted by atomic mass is 9.99. The van der Waals surface area contributed by atoms with Gasteiger partial charge in [0.15, 0.2) is 0 Å². The standard InChI is InChI=1S/C17H23N3O2/c1-10-6-11(2)15(13(21)7-10)16-12(3)8-14(19-20-16)18-9-17(4,5)22/h6-8,21-22H,9H2,1-5H3,(H,18,19). The largest absolute Gasteiger partial charge is 0.507 e. The Hall–Kier alpha value is -2.14. The number of rotatable bonds is 4. The molecule has 0 aliphatic rings. The second kappa shape index (κ2) is 5.93. The monoisotopic (exact) mass is 301 g/mol. The summed E-state index contributed by atoms with van der Waals surface area (Å²) in [5.41, 5.74) is 3.45. The first-order valence-electron chi connectivity index (χ1n) is 7.28. The molecule has 0 spiro atoms. The first-order chi connectivity index (χ1) is 10.2. The number of aliphatic hydroxyl groups is 1. The molecular weight excluding hydrogens is 278 g/mol. The quantitative estimate of drug-likeness (QED) is 0.809. The SMILES string of the molecule is Cc1cc(C)c(-c2nnc(NCC(C)(C)O)cc2C)c(O)c1. The van der Waals surface area contributed by atoms with Crippen LogP contribution in [0.15, 0.2) is 18.2 Å². The first kappa shape index (κ1) is 16.2. The van der Waals surface area contributed by atoms with Gasteiger partial charge in [0, 0.05) is 12.1 Å². The van der Waals surface area contributed by atoms with Crippen molar-refractivity contribution in [1.82, 2.24) is 10.2 Å². The zero-order chi connectivity index (χ0) is 16.5. The molecule has 1 aromatic carbocycles. The molecule has 0 radical (unpaired) electrons. The summed E-state index contributed by atoms with van der Waals surface area (Å²) in [6.07, 6.45) is 0. The second-order valence-electron chi connectivity index (χ2n) is 6.40. The fourth-order valence-electron chi connectivity index (χ4n) is 2.38. The molecule has 0 saturated carbocycles. The van der Waals surface area contributed by atoms with E-state index in [2.05, 4.69) is 15.5 Å². The van der Waals surface area contributed by atoms with E-state index in [1.54, 1.807) is 19.9 Å². The Bertz CT molecular complexity index is 668. The predicted molar refractivity (Wildman–Crippen MR) is 88.1 cm³/mol. The highest BCUT2D eigenvalue weighted by Crippen LogP contribution is 2.34. The molecular formula is C17H23N3O2. The molecule has 0 atom stereocenters. The summed E-state index contributed by atoms with van der Waals surface area (Å²) in [5, 5.41) is 31.4. The van der Waals surface area contributed by atoms with E-state index in [1.165, 1.54) is 0 Å². The first-order valence-corrected chi connectivity index (χ1v) is 7.28. The minimum atomic E-state index is -0.819. The highest BCUT2D eigenvalue weighted by atomic mass is 16.3. The van der Waals surface area contributed by atoms with Gasteiger partial charge in [0.25, 0.3) is 0 Å². The number of hydrogen-bond donors (Lipinski definition) is 3. The summed E-state index contributed by atoms with van der Waals surface area (Å²) >= 11 is 0. The Balaban J connectivity index is 2.35. The Morgan fingerprint density at radius 3 is 2.27 bits per heavy atom. The fraction of sp³-hybridized carbons (Fsp3) is 0.412. The van der Waals surface area contributed by atoms with Gasteiger partial charge < -0.3 is 15.5 Å². The number of phenolic OH excluding ortho intramolecular Hbond substituents is 1. The summed E-state index contributed by atoms with van der Waals surface area (Å²) in [6, 6.07) is 5.60. The van der Waals surface area contributed by atoms with Crippen LogP contribution < -0.4 is 5.32 Å². The van der Waals surface area contributed by atoms with Gasteiger partial charge in [-0.3, -0.25) is 0 Å². The van der Waals surface area contributed by atoms with E-state index in [1.807, 2.05) is 32.9 Å². The van der Waals surface area contributed by atoms with Crippen LogP contribution in [0.5, 0.6) is 5.75 Å². The van der Waals surface area contributed by atoms with Crippen LogP contribution >= 0.6 is 0 Å². The van der Waals surface area contributed by atoms with Crippen LogP contribution in [0.2, 0.25) is 0 Å². The molecule has 118 valence electrons. The number of nitrogens with one attached hydrogen (secondary N) is 1. The average Bonchev–Trinajstić information content (AvgIpc) is 2.36. The van der Waals surface area contributed by atoms with Crippen LogP contribution in [0, 0.1) is 20.8 Å². The van der Waals surface area contributed by atoms with E-state index < -0.39 is 5.60 Å². The van der Waals surface area contributed by atoms with Crippen molar-refractivity contribution >= 4 is 5.82 Å². The third kappa shape index (κ3) is 3.74. The van der Waals surface area contributed by atoms with Crippen molar-refractivity contribution in [3.8, 4) is 17.0 Å². The molecule has 1 heterocycles. The zero-order valence-electron chi connectivity index (χ0n) is 13.7. The van der Waals surface area contributed by atoms with Crippen molar-refractivity contribution < 1.29 is 10.2 Å². The van der Waals surface area contributed by atoms with Gasteiger partial charge in [0.2, 0.25) is 0 Å². The van der Waals surface area contributed by atoms with E-state index in [9.17, 15) is 10.2 Å². The van der Waals surface area contributed by atoms with Crippen molar-refractivity contribution in [1.29, 1.82) is 0 Å². The van der Waals surface area contributed by atoms with Crippen molar-refractivity contribution in [2.45, 2.75) is 40.2 Å². The Morgan fingerprint density at radius 1 is 1.05 bits per heavy atom. The lowest BCUT2D eigenvalue weighted by molar-refractivity contribution is 0.0944. The van der Waals surface area contributed by atoms with Gasteiger partial charge in [0.05, 0.1) is 11.3 Å². The normalized spacial score (nSPS) is 11.5. The molecule has 0 bridgehead atoms. The smallest absolute Gasteiger partial charge is 0.149 e. The van der Waals surface area contributed by atoms with Crippen LogP contribution in [0.25, 0.3) is 11.3 Å². The molecule has 2 rings (SSSR count). The van der Waals surface area contributed by atoms with Crippen molar-refractivity contribution in [3.63, 3.8) is 0 Å². The van der Waals surface area contributed by atoms with Gasteiger partial charge in [-0.25, -0.2) is 0 Å². The third-order valence-electron chi connectivity index (χ3n) is 3.38. The minimum Gasteiger partial charge on any atom is -0.507 e. The van der Waals surface area contributed by atoms with Crippen LogP contribution in [0.4, 0.5) is 5.82 Å². The van der Waals surface area contributed by atoms with E-state index >= 15 is 0 Å². The number of phenols is 1. The molecule has 22 heavy (non-hydrogen) atoms. The van der Waals surface area contributed by atoms with E-state index in [0.29, 0.717) is 23.6 Å². The summed E-state index contributed by atoms with van der Waals surface area (Å²) in [6.45, 7) is 9.65. The molecule has 5 heteroatoms. The number of benzene rings is 1. The molecule has 0 aliphatic heterocycles. The fourth-order valence-corrected chi connectivity index (χ4v) is 2.38. The predicted octanol–water partition coefficient (Wildman–Crippen LogP) is 2.96. The van der Waals surface area contributed by atoms with Crippen LogP contribution in [-0.2, 0) is 0 Å². The van der Waals surface area contributed by atoms with Gasteiger partial charge in [-0.15, -0.1) is 10.2 Å². The molecule has 5 nitrogen and oxygen atoms in total. The highest BCUT2D eigenvalue weighted by Gasteiger charge is 2.16. The maximum Gasteiger partial charge on any atom is 0.149 e. The minimum absolute atomic E-state index is 0.215. The van der Waals surface area contributed by atoms with Gasteiger partial charge in [-0.05, 0) is 63.4 Å². The number of anilines is 1. The topological polar surface area (TPSA) is 78.3 Å². The molecule has 1 aromatic heterocycles. The number of aryl methyl sites for hydroxylation is 3. The van der Waals surface area contributed by atoms with Crippen molar-refractivity contribution in [3.05, 3.63) is 34.9 Å². The van der Waals surface area contributed by atoms with Crippen molar-refractivity contribution in [2.75, 3.05) is 11.9 Å². The van der Waals surface area contributed by atoms with Gasteiger partial charge in [-0.2, -0.15) is 0 Å². The molecule has 0 amide bonds. The summed E-state index contributed by atoms with van der Waals surface area (Å²) < 4.78 is 0. The zero-order valence-corrected chi connectivity index (χ0v) is 13.7. The lowest BCUT2D eigenvalue weighted by Gasteiger charge is -2.18. The van der Waals surface area contributed by atoms with Crippen LogP contribution in [0.1, 0.15) is 30.5 Å². The molecule has 2 aromatic rings. The average molecular weight is 301 g/mol. The molecule has 3 N–H and O–H groups in total. The maximum atomic E-state index is 10.2. The number of nitrogens with zero attached hydrogens (tertiary/aromatic N) is 2. The highest BCUT2D eigenvalue weighted by molar-refractivity contribution is 5.73. The second-order valence-corrected chi connectivity index (χ2v) is 6.40. The van der Waals surface area contributed by atoms with Gasteiger partial charge >= 0.3 is 0 Å². The molecule has 0 fully saturated rings. The Labute approximate surface area is 131 Å². The van der Waals surface area contributed by atoms with Gasteiger partial charge in [-0.1, -0.05) is 6.07 Å². The summed E-state index contributed by atoms with van der Waals surface area (Å²) in [5.74, 6) is 0.819. The van der Waals surface area contributed by atoms with Crippen LogP contribution in [0.3, 0.4) is 0 Å². The molecule has 0 saturated heterocycles. The number of aromatic hydroxyl groups is 1. The Morgan fingerprint density at radius 2 is 1.73 bits per heavy atom. The van der Waals surface area contributed by atoms with Crippen LogP contribution in [-0.4, -0.2) is 32.6 Å². The summed E-state index contributed by atoms with van der Waals surface area (Å²) in [7, 11) is 0. The van der Waals surface area contributed by atoms with Crippen molar-refractivity contribution in [2.24, 2.45) is 0 Å². The number of aromatic nitrogens is 2. The summed E-state index contributed by atoms with van der Waals surface area (Å²) in [4.78, 5) is 0.